The Hall–Kier alpha value is -4.72. The molecule has 0 bridgehead atoms. The topological polar surface area (TPSA) is 125 Å². The minimum Gasteiger partial charge on any atom is -0.383 e. The molecule has 5 N–H and O–H groups in total. The second-order valence-corrected chi connectivity index (χ2v) is 7.72. The van der Waals surface area contributed by atoms with Gasteiger partial charge in [-0.3, -0.25) is 9.89 Å². The first-order valence-corrected chi connectivity index (χ1v) is 10.3. The second kappa shape index (κ2) is 8.08. The van der Waals surface area contributed by atoms with Crippen LogP contribution in [0.3, 0.4) is 0 Å². The first kappa shape index (κ1) is 20.2. The van der Waals surface area contributed by atoms with E-state index in [1.165, 1.54) is 6.33 Å². The van der Waals surface area contributed by atoms with Gasteiger partial charge in [0.1, 0.15) is 17.8 Å². The molecule has 33 heavy (non-hydrogen) atoms. The third kappa shape index (κ3) is 3.74. The van der Waals surface area contributed by atoms with Crippen LogP contribution in [0.25, 0.3) is 44.7 Å². The maximum atomic E-state index is 11.9. The second-order valence-electron chi connectivity index (χ2n) is 7.72. The lowest BCUT2D eigenvalue weighted by molar-refractivity contribution is -0.112. The maximum Gasteiger partial charge on any atom is 0.250 e. The molecule has 8 heteroatoms. The molecule has 0 atom stereocenters. The fraction of sp³-hybridized carbons (Fsp3) is 0.0400. The number of H-pyrrole nitrogens is 2. The highest BCUT2D eigenvalue weighted by Crippen LogP contribution is 2.40. The van der Waals surface area contributed by atoms with Gasteiger partial charge in [0, 0.05) is 23.0 Å². The smallest absolute Gasteiger partial charge is 0.250 e. The first-order valence-electron chi connectivity index (χ1n) is 10.3. The third-order valence-electron chi connectivity index (χ3n) is 5.42. The number of anilines is 2. The monoisotopic (exact) mass is 435 g/mol. The summed E-state index contributed by atoms with van der Waals surface area (Å²) in [6.45, 7) is 5.34. The molecule has 3 aromatic heterocycles. The lowest BCUT2D eigenvalue weighted by Crippen LogP contribution is -2.11. The van der Waals surface area contributed by atoms with E-state index in [1.54, 1.807) is 13.1 Å². The number of nitrogens with zero attached hydrogens (tertiary/aromatic N) is 3. The Labute approximate surface area is 189 Å². The lowest BCUT2D eigenvalue weighted by Gasteiger charge is -2.09. The summed E-state index contributed by atoms with van der Waals surface area (Å²) >= 11 is 0. The molecule has 0 aliphatic rings. The van der Waals surface area contributed by atoms with Crippen molar-refractivity contribution in [3.8, 4) is 33.6 Å². The molecule has 2 aromatic carbocycles. The van der Waals surface area contributed by atoms with Crippen LogP contribution in [0.4, 0.5) is 11.5 Å². The van der Waals surface area contributed by atoms with E-state index in [0.29, 0.717) is 22.7 Å². The molecule has 0 saturated carbocycles. The van der Waals surface area contributed by atoms with Crippen molar-refractivity contribution in [2.45, 2.75) is 6.92 Å². The van der Waals surface area contributed by atoms with Crippen LogP contribution in [0.2, 0.25) is 0 Å². The zero-order chi connectivity index (χ0) is 22.9. The lowest BCUT2D eigenvalue weighted by atomic mass is 9.97. The Morgan fingerprint density at radius 3 is 2.33 bits per heavy atom. The largest absolute Gasteiger partial charge is 0.383 e. The number of benzene rings is 2. The quantitative estimate of drug-likeness (QED) is 0.296. The number of nitrogen functional groups attached to an aromatic ring is 1. The van der Waals surface area contributed by atoms with E-state index in [1.807, 2.05) is 54.6 Å². The molecule has 8 nitrogen and oxygen atoms in total. The third-order valence-corrected chi connectivity index (χ3v) is 5.42. The summed E-state index contributed by atoms with van der Waals surface area (Å²) in [5.74, 6) is 0.190. The molecule has 3 heterocycles. The van der Waals surface area contributed by atoms with Crippen LogP contribution >= 0.6 is 0 Å². The van der Waals surface area contributed by atoms with E-state index in [2.05, 4.69) is 37.0 Å². The van der Waals surface area contributed by atoms with Crippen molar-refractivity contribution in [3.05, 3.63) is 79.3 Å². The van der Waals surface area contributed by atoms with E-state index >= 15 is 0 Å². The predicted molar refractivity (Wildman–Crippen MR) is 130 cm³/mol. The Morgan fingerprint density at radius 2 is 1.67 bits per heavy atom. The number of rotatable bonds is 5. The molecule has 0 aliphatic carbocycles. The zero-order valence-corrected chi connectivity index (χ0v) is 17.9. The number of hydrogen-bond acceptors (Lipinski definition) is 5. The molecule has 0 spiro atoms. The summed E-state index contributed by atoms with van der Waals surface area (Å²) in [7, 11) is 0. The van der Waals surface area contributed by atoms with Gasteiger partial charge < -0.3 is 16.0 Å². The van der Waals surface area contributed by atoms with Gasteiger partial charge >= 0.3 is 0 Å². The molecular formula is C25H21N7O. The predicted octanol–water partition coefficient (Wildman–Crippen LogP) is 4.78. The minimum absolute atomic E-state index is 0.213. The molecule has 0 radical (unpaired) electrons. The van der Waals surface area contributed by atoms with Crippen molar-refractivity contribution in [2.75, 3.05) is 11.1 Å². The maximum absolute atomic E-state index is 11.9. The molecule has 0 saturated heterocycles. The van der Waals surface area contributed by atoms with Crippen molar-refractivity contribution in [2.24, 2.45) is 0 Å². The number of fused-ring (bicyclic) bond motifs is 1. The van der Waals surface area contributed by atoms with E-state index in [0.717, 1.165) is 39.0 Å². The van der Waals surface area contributed by atoms with Crippen LogP contribution in [0.15, 0.2) is 79.3 Å². The zero-order valence-electron chi connectivity index (χ0n) is 17.9. The molecule has 162 valence electrons. The molecule has 0 fully saturated rings. The molecule has 5 rings (SSSR count). The van der Waals surface area contributed by atoms with Crippen molar-refractivity contribution >= 4 is 28.4 Å². The fourth-order valence-electron chi connectivity index (χ4n) is 3.74. The standard InChI is InChI=1S/C25H21N7O/c1-14(2)25(33)30-18-9-7-17(8-10-18)22-20(21-23(26)27-13-28-24(21)31-22)16-5-3-15(4-6-16)19-11-12-29-32-19/h3-13H,1H2,2H3,(H,29,32)(H,30,33)(H3,26,27,28,31). The fourth-order valence-corrected chi connectivity index (χ4v) is 3.74. The van der Waals surface area contributed by atoms with Crippen molar-refractivity contribution < 1.29 is 4.79 Å². The average molecular weight is 435 g/mol. The van der Waals surface area contributed by atoms with Gasteiger partial charge in [-0.05, 0) is 41.8 Å². The summed E-state index contributed by atoms with van der Waals surface area (Å²) in [5, 5.41) is 10.6. The molecular weight excluding hydrogens is 414 g/mol. The number of nitrogens with one attached hydrogen (secondary N) is 3. The Balaban J connectivity index is 1.60. The van der Waals surface area contributed by atoms with Crippen LogP contribution in [-0.4, -0.2) is 31.1 Å². The van der Waals surface area contributed by atoms with Crippen molar-refractivity contribution in [3.63, 3.8) is 0 Å². The SMILES string of the molecule is C=C(C)C(=O)Nc1ccc(-c2[nH]c3ncnc(N)c3c2-c2ccc(-c3ccn[nH]3)cc2)cc1. The highest BCUT2D eigenvalue weighted by atomic mass is 16.1. The summed E-state index contributed by atoms with van der Waals surface area (Å²) in [6.07, 6.45) is 3.17. The normalized spacial score (nSPS) is 10.9. The van der Waals surface area contributed by atoms with E-state index in [9.17, 15) is 4.79 Å². The number of carbonyl (C=O) groups is 1. The van der Waals surface area contributed by atoms with Crippen molar-refractivity contribution in [1.82, 2.24) is 25.1 Å². The highest BCUT2D eigenvalue weighted by molar-refractivity contribution is 6.07. The van der Waals surface area contributed by atoms with Crippen LogP contribution in [0, 0.1) is 0 Å². The van der Waals surface area contributed by atoms with E-state index in [-0.39, 0.29) is 5.91 Å². The summed E-state index contributed by atoms with van der Waals surface area (Å²) in [6, 6.07) is 17.6. The van der Waals surface area contributed by atoms with Crippen LogP contribution in [0.1, 0.15) is 6.92 Å². The van der Waals surface area contributed by atoms with Gasteiger partial charge in [0.25, 0.3) is 5.91 Å². The summed E-state index contributed by atoms with van der Waals surface area (Å²) < 4.78 is 0. The number of aromatic nitrogens is 5. The average Bonchev–Trinajstić information content (AvgIpc) is 3.49. The van der Waals surface area contributed by atoms with Gasteiger partial charge in [-0.15, -0.1) is 0 Å². The van der Waals surface area contributed by atoms with E-state index < -0.39 is 0 Å². The number of amides is 1. The minimum atomic E-state index is -0.213. The van der Waals surface area contributed by atoms with Gasteiger partial charge in [-0.25, -0.2) is 9.97 Å². The highest BCUT2D eigenvalue weighted by Gasteiger charge is 2.19. The Kier molecular flexibility index (Phi) is 4.95. The van der Waals surface area contributed by atoms with Gasteiger partial charge in [0.15, 0.2) is 0 Å². The molecule has 0 unspecified atom stereocenters. The van der Waals surface area contributed by atoms with Gasteiger partial charge in [-0.1, -0.05) is 43.0 Å². The van der Waals surface area contributed by atoms with Gasteiger partial charge in [0.05, 0.1) is 16.8 Å². The number of nitrogens with two attached hydrogens (primary N) is 1. The van der Waals surface area contributed by atoms with E-state index in [4.69, 9.17) is 5.73 Å². The molecule has 1 amide bonds. The van der Waals surface area contributed by atoms with Gasteiger partial charge in [0.2, 0.25) is 0 Å². The van der Waals surface area contributed by atoms with Crippen molar-refractivity contribution in [1.29, 1.82) is 0 Å². The van der Waals surface area contributed by atoms with Gasteiger partial charge in [-0.2, -0.15) is 5.10 Å². The van der Waals surface area contributed by atoms with Crippen LogP contribution in [0.5, 0.6) is 0 Å². The molecule has 5 aromatic rings. The molecule has 0 aliphatic heterocycles. The Bertz CT molecular complexity index is 1460. The van der Waals surface area contributed by atoms with Crippen LogP contribution < -0.4 is 11.1 Å². The first-order chi connectivity index (χ1) is 16.0. The summed E-state index contributed by atoms with van der Waals surface area (Å²) in [4.78, 5) is 23.9. The number of carbonyl (C=O) groups excluding carboxylic acids is 1. The number of aromatic amines is 2. The van der Waals surface area contributed by atoms with Crippen LogP contribution in [-0.2, 0) is 4.79 Å². The summed E-state index contributed by atoms with van der Waals surface area (Å²) in [5.41, 5.74) is 13.7. The Morgan fingerprint density at radius 1 is 0.970 bits per heavy atom. The number of hydrogen-bond donors (Lipinski definition) is 4.